The van der Waals surface area contributed by atoms with Gasteiger partial charge in [-0.25, -0.2) is 0 Å². The Hall–Kier alpha value is -5.98. The summed E-state index contributed by atoms with van der Waals surface area (Å²) < 4.78 is 0. The van der Waals surface area contributed by atoms with Gasteiger partial charge in [-0.05, 0) is 110 Å². The molecule has 4 unspecified atom stereocenters. The van der Waals surface area contributed by atoms with E-state index >= 15 is 0 Å². The van der Waals surface area contributed by atoms with Gasteiger partial charge in [-0.15, -0.1) is 0 Å². The van der Waals surface area contributed by atoms with Gasteiger partial charge in [0.25, 0.3) is 0 Å². The third kappa shape index (κ3) is 4.11. The van der Waals surface area contributed by atoms with E-state index in [1.54, 1.807) is 0 Å². The Morgan fingerprint density at radius 3 is 1.05 bits per heavy atom. The monoisotopic (exact) mass is 744 g/mol. The minimum absolute atomic E-state index is 0.00336. The molecule has 0 fully saturated rings. The molecule has 8 aromatic carbocycles. The number of hydrogen-bond acceptors (Lipinski definition) is 0. The van der Waals surface area contributed by atoms with Gasteiger partial charge < -0.3 is 0 Å². The van der Waals surface area contributed by atoms with Crippen LogP contribution in [0.15, 0.2) is 158 Å². The van der Waals surface area contributed by atoms with Crippen molar-refractivity contribution >= 4 is 33.7 Å². The molecule has 4 aliphatic carbocycles. The molecule has 2 spiro atoms. The lowest BCUT2D eigenvalue weighted by Gasteiger charge is -2.56. The van der Waals surface area contributed by atoms with E-state index in [-0.39, 0.29) is 22.7 Å². The summed E-state index contributed by atoms with van der Waals surface area (Å²) in [4.78, 5) is 0. The van der Waals surface area contributed by atoms with Crippen LogP contribution in [0.2, 0.25) is 0 Å². The van der Waals surface area contributed by atoms with Crippen LogP contribution in [-0.2, 0) is 21.7 Å². The average molecular weight is 745 g/mol. The first-order valence-electron chi connectivity index (χ1n) is 21.3. The summed E-state index contributed by atoms with van der Waals surface area (Å²) in [6.07, 6.45) is 5.55. The van der Waals surface area contributed by atoms with E-state index in [0.717, 1.165) is 0 Å². The third-order valence-corrected chi connectivity index (χ3v) is 14.8. The molecule has 12 rings (SSSR count). The fraction of sp³-hybridized carbons (Fsp3) is 0.207. The summed E-state index contributed by atoms with van der Waals surface area (Å²) in [5.41, 5.74) is 16.0. The van der Waals surface area contributed by atoms with E-state index in [4.69, 9.17) is 0 Å². The maximum atomic E-state index is 2.77. The summed E-state index contributed by atoms with van der Waals surface area (Å²) in [7, 11) is 0. The summed E-state index contributed by atoms with van der Waals surface area (Å²) in [5, 5.41) is 8.08. The molecule has 0 heterocycles. The molecule has 0 bridgehead atoms. The van der Waals surface area contributed by atoms with Crippen molar-refractivity contribution in [2.75, 3.05) is 0 Å². The summed E-state index contributed by atoms with van der Waals surface area (Å²) in [5.74, 6) is 0.184. The van der Waals surface area contributed by atoms with E-state index in [0.29, 0.717) is 0 Å². The van der Waals surface area contributed by atoms with Gasteiger partial charge in [-0.1, -0.05) is 211 Å². The van der Waals surface area contributed by atoms with Gasteiger partial charge >= 0.3 is 0 Å². The molecular weight excluding hydrogens is 697 g/mol. The van der Waals surface area contributed by atoms with Crippen LogP contribution in [0, 0.1) is 11.8 Å². The minimum atomic E-state index is -0.431. The number of rotatable bonds is 0. The molecule has 0 amide bonds. The van der Waals surface area contributed by atoms with Gasteiger partial charge in [-0.3, -0.25) is 0 Å². The second-order valence-corrected chi connectivity index (χ2v) is 19.6. The lowest BCUT2D eigenvalue weighted by atomic mass is 9.45. The predicted octanol–water partition coefficient (Wildman–Crippen LogP) is 12.7. The van der Waals surface area contributed by atoms with E-state index in [2.05, 4.69) is 211 Å². The lowest BCUT2D eigenvalue weighted by Crippen LogP contribution is -2.56. The van der Waals surface area contributed by atoms with Gasteiger partial charge in [0.15, 0.2) is 0 Å². The Morgan fingerprint density at radius 2 is 0.655 bits per heavy atom. The molecule has 0 aliphatic heterocycles. The number of benzene rings is 8. The Morgan fingerprint density at radius 1 is 0.328 bits per heavy atom. The lowest BCUT2D eigenvalue weighted by molar-refractivity contribution is 0.282. The van der Waals surface area contributed by atoms with Crippen LogP contribution < -0.4 is 10.4 Å². The van der Waals surface area contributed by atoms with Crippen LogP contribution in [0.4, 0.5) is 0 Å². The van der Waals surface area contributed by atoms with Crippen LogP contribution >= 0.6 is 0 Å². The largest absolute Gasteiger partial charge is 0.0707 e. The molecule has 0 radical (unpaired) electrons. The van der Waals surface area contributed by atoms with Gasteiger partial charge in [-0.2, -0.15) is 0 Å². The Labute approximate surface area is 342 Å². The van der Waals surface area contributed by atoms with Crippen molar-refractivity contribution < 1.29 is 0 Å². The van der Waals surface area contributed by atoms with Crippen molar-refractivity contribution in [2.24, 2.45) is 11.8 Å². The maximum Gasteiger partial charge on any atom is 0.0535 e. The Kier molecular flexibility index (Phi) is 6.68. The second-order valence-electron chi connectivity index (χ2n) is 19.6. The third-order valence-electron chi connectivity index (χ3n) is 14.8. The highest BCUT2D eigenvalue weighted by atomic mass is 14.7. The van der Waals surface area contributed by atoms with Gasteiger partial charge in [0.05, 0.1) is 10.8 Å². The molecule has 4 atom stereocenters. The molecule has 4 aliphatic rings. The zero-order valence-electron chi connectivity index (χ0n) is 34.3. The molecule has 0 aromatic heterocycles. The Balaban J connectivity index is 1.34. The molecule has 8 aromatic rings. The highest BCUT2D eigenvalue weighted by Crippen LogP contribution is 2.70. The van der Waals surface area contributed by atoms with E-state index in [1.165, 1.54) is 98.7 Å². The average Bonchev–Trinajstić information content (AvgIpc) is 3.70. The molecule has 280 valence electrons. The molecule has 58 heavy (non-hydrogen) atoms. The van der Waals surface area contributed by atoms with Crippen molar-refractivity contribution in [1.82, 2.24) is 0 Å². The molecule has 0 N–H and O–H groups in total. The van der Waals surface area contributed by atoms with E-state index < -0.39 is 10.8 Å². The minimum Gasteiger partial charge on any atom is -0.0707 e. The summed E-state index contributed by atoms with van der Waals surface area (Å²) in [6.45, 7) is 14.2. The number of fused-ring (bicyclic) bond motifs is 22. The molecule has 0 heteroatoms. The van der Waals surface area contributed by atoms with Crippen LogP contribution in [0.25, 0.3) is 56.0 Å². The second kappa shape index (κ2) is 11.4. The number of hydrogen-bond donors (Lipinski definition) is 0. The molecular formula is C58H48. The van der Waals surface area contributed by atoms with Crippen LogP contribution in [0.3, 0.4) is 0 Å². The van der Waals surface area contributed by atoms with Gasteiger partial charge in [0, 0.05) is 11.8 Å². The van der Waals surface area contributed by atoms with Crippen molar-refractivity contribution in [3.63, 3.8) is 0 Å². The molecule has 0 saturated carbocycles. The van der Waals surface area contributed by atoms with Gasteiger partial charge in [0.1, 0.15) is 0 Å². The first-order chi connectivity index (χ1) is 28.0. The standard InChI is InChI=1S/C58H48/c1-55(2,3)35-27-29-43-41-21-11-13-23-47(41)57(51(43)31-35)49-25-15-16-26-50(49)58(48-24-14-12-22-42(48)44-30-28-36(32-52(44)58)56(4,5)6)54-34-46-40-20-10-8-18-38(40)37-17-7-9-19-39(37)45(46)33-53(54)57/h7-34,53-54H,1-6H3. The summed E-state index contributed by atoms with van der Waals surface area (Å²) in [6, 6.07) is 61.6. The molecule has 0 saturated heterocycles. The maximum absolute atomic E-state index is 2.77. The fourth-order valence-electron chi connectivity index (χ4n) is 12.3. The van der Waals surface area contributed by atoms with Crippen LogP contribution in [0.1, 0.15) is 86.1 Å². The zero-order valence-corrected chi connectivity index (χ0v) is 34.3. The highest BCUT2D eigenvalue weighted by Gasteiger charge is 2.64. The van der Waals surface area contributed by atoms with Crippen LogP contribution in [-0.4, -0.2) is 0 Å². The first kappa shape index (κ1) is 34.1. The highest BCUT2D eigenvalue weighted by molar-refractivity contribution is 6.08. The predicted molar refractivity (Wildman–Crippen MR) is 244 cm³/mol. The zero-order chi connectivity index (χ0) is 39.3. The van der Waals surface area contributed by atoms with E-state index in [9.17, 15) is 0 Å². The smallest absolute Gasteiger partial charge is 0.0535 e. The first-order valence-corrected chi connectivity index (χ1v) is 21.3. The van der Waals surface area contributed by atoms with E-state index in [1.807, 2.05) is 0 Å². The fourth-order valence-corrected chi connectivity index (χ4v) is 12.3. The van der Waals surface area contributed by atoms with Crippen molar-refractivity contribution in [1.29, 1.82) is 0 Å². The van der Waals surface area contributed by atoms with Crippen molar-refractivity contribution in [3.05, 3.63) is 213 Å². The normalized spacial score (nSPS) is 22.0. The SMILES string of the molecule is CC(C)(C)c1ccc2c(c1)C1(c3ccccc3-2)c2ccccc2C2(c3ccccc3-c3ccc(C(C)(C)C)cc32)C2C=c3c(c4ccccc4c4ccccc34)=CC21. The van der Waals surface area contributed by atoms with Crippen molar-refractivity contribution in [3.8, 4) is 22.3 Å². The van der Waals surface area contributed by atoms with Crippen LogP contribution in [0.5, 0.6) is 0 Å². The Bertz CT molecular complexity index is 3000. The van der Waals surface area contributed by atoms with Crippen molar-refractivity contribution in [2.45, 2.75) is 63.2 Å². The topological polar surface area (TPSA) is 0 Å². The quantitative estimate of drug-likeness (QED) is 0.136. The molecule has 0 nitrogen and oxygen atoms in total. The summed E-state index contributed by atoms with van der Waals surface area (Å²) >= 11 is 0. The van der Waals surface area contributed by atoms with Gasteiger partial charge in [0.2, 0.25) is 0 Å².